The summed E-state index contributed by atoms with van der Waals surface area (Å²) in [7, 11) is 1.81. The lowest BCUT2D eigenvalue weighted by molar-refractivity contribution is 0.186. The van der Waals surface area contributed by atoms with Gasteiger partial charge in [0.15, 0.2) is 5.96 Å². The predicted molar refractivity (Wildman–Crippen MR) is 110 cm³/mol. The van der Waals surface area contributed by atoms with Gasteiger partial charge in [-0.15, -0.1) is 0 Å². The molecule has 2 N–H and O–H groups in total. The Kier molecular flexibility index (Phi) is 8.52. The van der Waals surface area contributed by atoms with Gasteiger partial charge in [-0.25, -0.2) is 0 Å². The summed E-state index contributed by atoms with van der Waals surface area (Å²) in [5, 5.41) is 7.63. The number of ether oxygens (including phenoxy) is 1. The van der Waals surface area contributed by atoms with Crippen LogP contribution < -0.4 is 15.4 Å². The maximum absolute atomic E-state index is 5.90. The van der Waals surface area contributed by atoms with Gasteiger partial charge in [-0.2, -0.15) is 0 Å². The molecule has 0 aliphatic carbocycles. The summed E-state index contributed by atoms with van der Waals surface area (Å²) in [4.78, 5) is 6.90. The minimum atomic E-state index is 0.0302. The third kappa shape index (κ3) is 7.42. The van der Waals surface area contributed by atoms with Crippen molar-refractivity contribution in [1.29, 1.82) is 0 Å². The summed E-state index contributed by atoms with van der Waals surface area (Å²) in [6, 6.07) is 7.93. The highest BCUT2D eigenvalue weighted by atomic mass is 35.5. The predicted octanol–water partition coefficient (Wildman–Crippen LogP) is 3.39. The van der Waals surface area contributed by atoms with Gasteiger partial charge in [0.05, 0.1) is 6.54 Å². The number of nitrogens with one attached hydrogen (secondary N) is 2. The molecule has 0 amide bonds. The molecule has 1 saturated heterocycles. The molecule has 26 heavy (non-hydrogen) atoms. The van der Waals surface area contributed by atoms with E-state index in [1.54, 1.807) is 0 Å². The van der Waals surface area contributed by atoms with Gasteiger partial charge in [-0.3, -0.25) is 4.99 Å². The number of hydrogen-bond donors (Lipinski definition) is 2. The average molecular weight is 381 g/mol. The summed E-state index contributed by atoms with van der Waals surface area (Å²) in [5.74, 6) is 2.40. The van der Waals surface area contributed by atoms with E-state index in [2.05, 4.69) is 34.4 Å². The number of guanidine groups is 1. The van der Waals surface area contributed by atoms with Crippen LogP contribution in [0.15, 0.2) is 29.3 Å². The lowest BCUT2D eigenvalue weighted by Crippen LogP contribution is -2.50. The van der Waals surface area contributed by atoms with Gasteiger partial charge in [-0.05, 0) is 49.9 Å². The molecule has 1 aliphatic heterocycles. The molecule has 1 atom stereocenters. The number of nitrogens with zero attached hydrogens (tertiary/aromatic N) is 2. The van der Waals surface area contributed by atoms with Crippen molar-refractivity contribution in [2.24, 2.45) is 10.9 Å². The third-order valence-electron chi connectivity index (χ3n) is 4.48. The molecular formula is C20H33ClN4O. The lowest BCUT2D eigenvalue weighted by atomic mass is 10.0. The summed E-state index contributed by atoms with van der Waals surface area (Å²) < 4.78 is 5.89. The van der Waals surface area contributed by atoms with Crippen LogP contribution >= 0.6 is 11.6 Å². The van der Waals surface area contributed by atoms with Crippen LogP contribution in [0.1, 0.15) is 33.6 Å². The van der Waals surface area contributed by atoms with E-state index in [-0.39, 0.29) is 6.10 Å². The number of piperidine rings is 1. The molecule has 1 unspecified atom stereocenters. The van der Waals surface area contributed by atoms with Crippen LogP contribution in [0.3, 0.4) is 0 Å². The Balaban J connectivity index is 1.70. The summed E-state index contributed by atoms with van der Waals surface area (Å²) in [6.45, 7) is 10.8. The van der Waals surface area contributed by atoms with Gasteiger partial charge in [0.1, 0.15) is 11.9 Å². The minimum Gasteiger partial charge on any atom is -0.489 e. The Morgan fingerprint density at radius 2 is 1.88 bits per heavy atom. The number of rotatable bonds is 7. The smallest absolute Gasteiger partial charge is 0.191 e. The van der Waals surface area contributed by atoms with Gasteiger partial charge in [-0.1, -0.05) is 25.4 Å². The minimum absolute atomic E-state index is 0.0302. The average Bonchev–Trinajstić information content (AvgIpc) is 2.61. The van der Waals surface area contributed by atoms with Crippen LogP contribution in [0, 0.1) is 5.92 Å². The van der Waals surface area contributed by atoms with Crippen LogP contribution in [-0.4, -0.2) is 56.2 Å². The molecule has 0 spiro atoms. The van der Waals surface area contributed by atoms with E-state index in [4.69, 9.17) is 16.3 Å². The van der Waals surface area contributed by atoms with Crippen molar-refractivity contribution in [3.05, 3.63) is 29.3 Å². The van der Waals surface area contributed by atoms with E-state index in [1.807, 2.05) is 38.2 Å². The Morgan fingerprint density at radius 1 is 1.23 bits per heavy atom. The molecule has 5 nitrogen and oxygen atoms in total. The van der Waals surface area contributed by atoms with Gasteiger partial charge < -0.3 is 20.3 Å². The second-order valence-electron chi connectivity index (χ2n) is 7.45. The van der Waals surface area contributed by atoms with Crippen LogP contribution in [0.4, 0.5) is 0 Å². The van der Waals surface area contributed by atoms with Gasteiger partial charge in [0.2, 0.25) is 0 Å². The fourth-order valence-electron chi connectivity index (χ4n) is 3.19. The van der Waals surface area contributed by atoms with E-state index in [9.17, 15) is 0 Å². The van der Waals surface area contributed by atoms with Crippen molar-refractivity contribution in [2.75, 3.05) is 33.2 Å². The van der Waals surface area contributed by atoms with E-state index in [1.165, 1.54) is 6.54 Å². The van der Waals surface area contributed by atoms with E-state index in [0.717, 1.165) is 43.6 Å². The normalized spacial score (nSPS) is 18.0. The quantitative estimate of drug-likeness (QED) is 0.562. The Labute approximate surface area is 163 Å². The number of benzene rings is 1. The molecule has 1 fully saturated rings. The highest BCUT2D eigenvalue weighted by Crippen LogP contribution is 2.16. The molecule has 1 aromatic carbocycles. The zero-order valence-electron chi connectivity index (χ0n) is 16.5. The van der Waals surface area contributed by atoms with Gasteiger partial charge >= 0.3 is 0 Å². The number of hydrogen-bond acceptors (Lipinski definition) is 3. The van der Waals surface area contributed by atoms with Crippen molar-refractivity contribution in [3.63, 3.8) is 0 Å². The Bertz CT molecular complexity index is 553. The molecule has 1 aromatic rings. The maximum atomic E-state index is 5.90. The van der Waals surface area contributed by atoms with Crippen molar-refractivity contribution in [2.45, 2.75) is 45.8 Å². The lowest BCUT2D eigenvalue weighted by Gasteiger charge is -2.34. The molecule has 1 aliphatic rings. The van der Waals surface area contributed by atoms with Gasteiger partial charge in [0.25, 0.3) is 0 Å². The van der Waals surface area contributed by atoms with Crippen LogP contribution in [0.2, 0.25) is 5.02 Å². The number of likely N-dealkylation sites (tertiary alicyclic amines) is 1. The topological polar surface area (TPSA) is 48.9 Å². The van der Waals surface area contributed by atoms with Crippen molar-refractivity contribution >= 4 is 17.6 Å². The van der Waals surface area contributed by atoms with Crippen molar-refractivity contribution in [1.82, 2.24) is 15.5 Å². The van der Waals surface area contributed by atoms with Crippen LogP contribution in [-0.2, 0) is 0 Å². The number of aliphatic imine (C=N–C) groups is 1. The standard InChI is InChI=1S/C20H33ClN4O/c1-15(2)14-25-11-9-18(10-12-25)24-20(22-4)23-13-16(3)26-19-7-5-17(21)6-8-19/h5-8,15-16,18H,9-14H2,1-4H3,(H2,22,23,24). The Morgan fingerprint density at radius 3 is 2.46 bits per heavy atom. The highest BCUT2D eigenvalue weighted by molar-refractivity contribution is 6.30. The first kappa shape index (κ1) is 20.8. The Hall–Kier alpha value is -1.46. The number of halogens is 1. The van der Waals surface area contributed by atoms with E-state index < -0.39 is 0 Å². The first-order valence-electron chi connectivity index (χ1n) is 9.58. The fourth-order valence-corrected chi connectivity index (χ4v) is 3.32. The van der Waals surface area contributed by atoms with Crippen molar-refractivity contribution in [3.8, 4) is 5.75 Å². The second kappa shape index (κ2) is 10.6. The summed E-state index contributed by atoms with van der Waals surface area (Å²) in [5.41, 5.74) is 0. The molecule has 2 rings (SSSR count). The van der Waals surface area contributed by atoms with E-state index in [0.29, 0.717) is 17.6 Å². The summed E-state index contributed by atoms with van der Waals surface area (Å²) >= 11 is 5.90. The molecule has 0 saturated carbocycles. The highest BCUT2D eigenvalue weighted by Gasteiger charge is 2.20. The molecular weight excluding hydrogens is 348 g/mol. The van der Waals surface area contributed by atoms with Crippen molar-refractivity contribution < 1.29 is 4.74 Å². The molecule has 1 heterocycles. The maximum Gasteiger partial charge on any atom is 0.191 e. The van der Waals surface area contributed by atoms with E-state index >= 15 is 0 Å². The van der Waals surface area contributed by atoms with Crippen LogP contribution in [0.5, 0.6) is 5.75 Å². The molecule has 0 bridgehead atoms. The van der Waals surface area contributed by atoms with Gasteiger partial charge in [0, 0.05) is 37.7 Å². The SMILES string of the molecule is CN=C(NCC(C)Oc1ccc(Cl)cc1)NC1CCN(CC(C)C)CC1. The second-order valence-corrected chi connectivity index (χ2v) is 7.89. The fraction of sp³-hybridized carbons (Fsp3) is 0.650. The molecule has 6 heteroatoms. The first-order chi connectivity index (χ1) is 12.5. The van der Waals surface area contributed by atoms with Crippen LogP contribution in [0.25, 0.3) is 0 Å². The largest absolute Gasteiger partial charge is 0.489 e. The molecule has 0 aromatic heterocycles. The summed E-state index contributed by atoms with van der Waals surface area (Å²) in [6.07, 6.45) is 2.34. The molecule has 146 valence electrons. The monoisotopic (exact) mass is 380 g/mol. The zero-order valence-corrected chi connectivity index (χ0v) is 17.2. The third-order valence-corrected chi connectivity index (χ3v) is 4.74. The zero-order chi connectivity index (χ0) is 18.9. The first-order valence-corrected chi connectivity index (χ1v) is 9.95. The molecule has 0 radical (unpaired) electrons.